The average Bonchev–Trinajstić information content (AvgIpc) is 2.61. The molecule has 2 aliphatic rings. The van der Waals surface area contributed by atoms with Crippen molar-refractivity contribution in [1.82, 2.24) is 4.90 Å². The first-order valence-electron chi connectivity index (χ1n) is 8.57. The summed E-state index contributed by atoms with van der Waals surface area (Å²) in [7, 11) is 1.64. The van der Waals surface area contributed by atoms with Gasteiger partial charge in [-0.1, -0.05) is 19.3 Å². The molecular formula is C18H28N2O2. The van der Waals surface area contributed by atoms with Crippen molar-refractivity contribution in [3.05, 3.63) is 24.3 Å². The van der Waals surface area contributed by atoms with Gasteiger partial charge in [-0.3, -0.25) is 4.90 Å². The zero-order chi connectivity index (χ0) is 15.2. The summed E-state index contributed by atoms with van der Waals surface area (Å²) >= 11 is 0. The fraction of sp³-hybridized carbons (Fsp3) is 0.667. The van der Waals surface area contributed by atoms with E-state index >= 15 is 0 Å². The van der Waals surface area contributed by atoms with Crippen LogP contribution in [-0.2, 0) is 4.74 Å². The van der Waals surface area contributed by atoms with Crippen LogP contribution >= 0.6 is 0 Å². The average molecular weight is 304 g/mol. The first kappa shape index (κ1) is 15.6. The number of hydrogen-bond donors (Lipinski definition) is 0. The fourth-order valence-electron chi connectivity index (χ4n) is 3.67. The van der Waals surface area contributed by atoms with Gasteiger partial charge in [0.2, 0.25) is 0 Å². The molecule has 0 aromatic heterocycles. The highest BCUT2D eigenvalue weighted by molar-refractivity contribution is 5.49. The van der Waals surface area contributed by atoms with E-state index in [0.29, 0.717) is 6.79 Å². The second-order valence-electron chi connectivity index (χ2n) is 6.36. The van der Waals surface area contributed by atoms with E-state index in [9.17, 15) is 0 Å². The minimum atomic E-state index is 0.305. The molecule has 0 radical (unpaired) electrons. The largest absolute Gasteiger partial charge is 0.468 e. The summed E-state index contributed by atoms with van der Waals surface area (Å²) < 4.78 is 10.4. The molecule has 2 fully saturated rings. The van der Waals surface area contributed by atoms with Crippen molar-refractivity contribution in [2.24, 2.45) is 0 Å². The molecule has 0 spiro atoms. The summed E-state index contributed by atoms with van der Waals surface area (Å²) in [5, 5.41) is 0. The smallest absolute Gasteiger partial charge is 0.188 e. The standard InChI is InChI=1S/C18H28N2O2/c1-21-15-22-18-9-7-17(8-10-18)20-13-11-19(12-14-20)16-5-3-2-4-6-16/h7-10,16H,2-6,11-15H2,1H3. The Morgan fingerprint density at radius 1 is 0.955 bits per heavy atom. The van der Waals surface area contributed by atoms with Crippen molar-refractivity contribution >= 4 is 5.69 Å². The molecule has 1 aliphatic carbocycles. The van der Waals surface area contributed by atoms with E-state index in [0.717, 1.165) is 24.9 Å². The zero-order valence-corrected chi connectivity index (χ0v) is 13.7. The van der Waals surface area contributed by atoms with Crippen LogP contribution in [0.25, 0.3) is 0 Å². The highest BCUT2D eigenvalue weighted by Crippen LogP contribution is 2.25. The lowest BCUT2D eigenvalue weighted by Gasteiger charge is -2.41. The fourth-order valence-corrected chi connectivity index (χ4v) is 3.67. The van der Waals surface area contributed by atoms with Gasteiger partial charge in [-0.25, -0.2) is 0 Å². The van der Waals surface area contributed by atoms with Gasteiger partial charge in [0.25, 0.3) is 0 Å². The van der Waals surface area contributed by atoms with Crippen molar-refractivity contribution in [3.63, 3.8) is 0 Å². The molecule has 122 valence electrons. The molecule has 0 atom stereocenters. The van der Waals surface area contributed by atoms with Gasteiger partial charge in [-0.05, 0) is 37.1 Å². The van der Waals surface area contributed by atoms with E-state index in [-0.39, 0.29) is 0 Å². The van der Waals surface area contributed by atoms with Crippen molar-refractivity contribution < 1.29 is 9.47 Å². The Morgan fingerprint density at radius 2 is 1.64 bits per heavy atom. The van der Waals surface area contributed by atoms with Crippen LogP contribution in [0.2, 0.25) is 0 Å². The molecule has 1 saturated heterocycles. The lowest BCUT2D eigenvalue weighted by Crippen LogP contribution is -2.50. The topological polar surface area (TPSA) is 24.9 Å². The summed E-state index contributed by atoms with van der Waals surface area (Å²) in [4.78, 5) is 5.20. The lowest BCUT2D eigenvalue weighted by atomic mass is 9.94. The maximum Gasteiger partial charge on any atom is 0.188 e. The number of hydrogen-bond acceptors (Lipinski definition) is 4. The normalized spacial score (nSPS) is 21.0. The van der Waals surface area contributed by atoms with Crippen LogP contribution in [0.1, 0.15) is 32.1 Å². The molecule has 1 aromatic carbocycles. The third-order valence-corrected chi connectivity index (χ3v) is 4.95. The molecule has 4 nitrogen and oxygen atoms in total. The van der Waals surface area contributed by atoms with Gasteiger partial charge in [0.1, 0.15) is 5.75 Å². The summed E-state index contributed by atoms with van der Waals surface area (Å²) in [6.45, 7) is 4.97. The summed E-state index contributed by atoms with van der Waals surface area (Å²) in [6, 6.07) is 9.22. The van der Waals surface area contributed by atoms with Gasteiger partial charge in [-0.2, -0.15) is 0 Å². The summed E-state index contributed by atoms with van der Waals surface area (Å²) in [5.74, 6) is 0.867. The molecule has 0 amide bonds. The van der Waals surface area contributed by atoms with Crippen molar-refractivity contribution in [3.8, 4) is 5.75 Å². The summed E-state index contributed by atoms with van der Waals surface area (Å²) in [5.41, 5.74) is 1.30. The predicted octanol–water partition coefficient (Wildman–Crippen LogP) is 3.12. The van der Waals surface area contributed by atoms with Gasteiger partial charge in [-0.15, -0.1) is 0 Å². The Morgan fingerprint density at radius 3 is 2.27 bits per heavy atom. The van der Waals surface area contributed by atoms with Crippen LogP contribution in [0, 0.1) is 0 Å². The van der Waals surface area contributed by atoms with E-state index in [4.69, 9.17) is 9.47 Å². The molecule has 0 unspecified atom stereocenters. The SMILES string of the molecule is COCOc1ccc(N2CCN(C3CCCCC3)CC2)cc1. The van der Waals surface area contributed by atoms with Crippen LogP contribution in [-0.4, -0.2) is 51.0 Å². The Balaban J connectivity index is 1.50. The highest BCUT2D eigenvalue weighted by atomic mass is 16.7. The maximum absolute atomic E-state index is 5.44. The molecule has 1 saturated carbocycles. The minimum Gasteiger partial charge on any atom is -0.468 e. The number of nitrogens with zero attached hydrogens (tertiary/aromatic N) is 2. The van der Waals surface area contributed by atoms with E-state index in [1.807, 2.05) is 12.1 Å². The molecule has 4 heteroatoms. The monoisotopic (exact) mass is 304 g/mol. The van der Waals surface area contributed by atoms with E-state index in [1.54, 1.807) is 7.11 Å². The molecule has 3 rings (SSSR count). The van der Waals surface area contributed by atoms with E-state index in [1.165, 1.54) is 50.9 Å². The number of anilines is 1. The van der Waals surface area contributed by atoms with Gasteiger partial charge in [0.15, 0.2) is 6.79 Å². The zero-order valence-electron chi connectivity index (χ0n) is 13.7. The predicted molar refractivity (Wildman–Crippen MR) is 89.6 cm³/mol. The van der Waals surface area contributed by atoms with Crippen LogP contribution in [0.3, 0.4) is 0 Å². The van der Waals surface area contributed by atoms with Crippen molar-refractivity contribution in [1.29, 1.82) is 0 Å². The van der Waals surface area contributed by atoms with Gasteiger partial charge >= 0.3 is 0 Å². The van der Waals surface area contributed by atoms with Crippen LogP contribution in [0.15, 0.2) is 24.3 Å². The number of piperazine rings is 1. The van der Waals surface area contributed by atoms with Crippen LogP contribution in [0.5, 0.6) is 5.75 Å². The highest BCUT2D eigenvalue weighted by Gasteiger charge is 2.25. The maximum atomic E-state index is 5.44. The summed E-state index contributed by atoms with van der Waals surface area (Å²) in [6.07, 6.45) is 7.10. The number of benzene rings is 1. The van der Waals surface area contributed by atoms with Gasteiger partial charge in [0.05, 0.1) is 0 Å². The third-order valence-electron chi connectivity index (χ3n) is 4.95. The van der Waals surface area contributed by atoms with E-state index in [2.05, 4.69) is 21.9 Å². The van der Waals surface area contributed by atoms with Gasteiger partial charge in [0, 0.05) is 45.0 Å². The molecule has 0 N–H and O–H groups in total. The quantitative estimate of drug-likeness (QED) is 0.780. The van der Waals surface area contributed by atoms with Crippen molar-refractivity contribution in [2.75, 3.05) is 45.0 Å². The van der Waals surface area contributed by atoms with Crippen molar-refractivity contribution in [2.45, 2.75) is 38.1 Å². The number of rotatable bonds is 5. The lowest BCUT2D eigenvalue weighted by molar-refractivity contribution is 0.0511. The molecule has 22 heavy (non-hydrogen) atoms. The Labute approximate surface area is 134 Å². The third kappa shape index (κ3) is 3.93. The van der Waals surface area contributed by atoms with Gasteiger partial charge < -0.3 is 14.4 Å². The number of ether oxygens (including phenoxy) is 2. The first-order valence-corrected chi connectivity index (χ1v) is 8.57. The Bertz CT molecular complexity index is 435. The second kappa shape index (κ2) is 7.84. The molecule has 0 bridgehead atoms. The molecular weight excluding hydrogens is 276 g/mol. The van der Waals surface area contributed by atoms with E-state index < -0.39 is 0 Å². The molecule has 1 heterocycles. The number of methoxy groups -OCH3 is 1. The van der Waals surface area contributed by atoms with Crippen LogP contribution < -0.4 is 9.64 Å². The Hall–Kier alpha value is -1.26. The second-order valence-corrected chi connectivity index (χ2v) is 6.36. The minimum absolute atomic E-state index is 0.305. The molecule has 1 aromatic rings. The van der Waals surface area contributed by atoms with Crippen LogP contribution in [0.4, 0.5) is 5.69 Å². The first-order chi connectivity index (χ1) is 10.9. The Kier molecular flexibility index (Phi) is 5.57. The molecule has 1 aliphatic heterocycles.